The molecule has 0 heterocycles. The molecular weight excluding hydrogens is 436 g/mol. The van der Waals surface area contributed by atoms with Crippen molar-refractivity contribution in [2.24, 2.45) is 0 Å². The fourth-order valence-electron chi connectivity index (χ4n) is 4.02. The summed E-state index contributed by atoms with van der Waals surface area (Å²) in [5.41, 5.74) is 10.9. The number of phenolic OH excluding ortho intramolecular Hbond substituents is 1. The molecule has 35 heavy (non-hydrogen) atoms. The highest BCUT2D eigenvalue weighted by atomic mass is 16.5. The average Bonchev–Trinajstić information content (AvgIpc) is 2.88. The van der Waals surface area contributed by atoms with Gasteiger partial charge in [0.25, 0.3) is 0 Å². The standard InChI is InChI=1S/C30H32N2O3/c31-28-19-26(13-16-30(28)35-22-25-9-5-2-6-10-25)29(34)21-32(20-24-7-3-1-4-8-24)18-17-23-11-14-27(33)15-12-23/h1-16,19,29,33-34H,17-18,20-22,31H2. The molecule has 1 unspecified atom stereocenters. The van der Waals surface area contributed by atoms with Crippen molar-refractivity contribution >= 4 is 5.69 Å². The van der Waals surface area contributed by atoms with Crippen molar-refractivity contribution in [3.8, 4) is 11.5 Å². The Morgan fingerprint density at radius 2 is 1.43 bits per heavy atom. The molecule has 0 aromatic heterocycles. The smallest absolute Gasteiger partial charge is 0.142 e. The fraction of sp³-hybridized carbons (Fsp3) is 0.200. The van der Waals surface area contributed by atoms with E-state index in [4.69, 9.17) is 10.5 Å². The van der Waals surface area contributed by atoms with Crippen molar-refractivity contribution in [3.63, 3.8) is 0 Å². The molecule has 0 fully saturated rings. The summed E-state index contributed by atoms with van der Waals surface area (Å²) in [6.07, 6.45) is 0.123. The zero-order valence-electron chi connectivity index (χ0n) is 19.8. The predicted octanol–water partition coefficient (Wildman–Crippen LogP) is 5.33. The maximum Gasteiger partial charge on any atom is 0.142 e. The maximum atomic E-state index is 11.1. The molecule has 1 atom stereocenters. The molecule has 180 valence electrons. The second kappa shape index (κ2) is 12.1. The summed E-state index contributed by atoms with van der Waals surface area (Å²) in [5.74, 6) is 0.873. The number of aromatic hydroxyl groups is 1. The molecule has 4 aromatic rings. The second-order valence-corrected chi connectivity index (χ2v) is 8.72. The van der Waals surface area contributed by atoms with Crippen LogP contribution in [-0.2, 0) is 19.6 Å². The Kier molecular flexibility index (Phi) is 8.39. The number of aliphatic hydroxyl groups is 1. The molecule has 4 rings (SSSR count). The van der Waals surface area contributed by atoms with Gasteiger partial charge in [0.15, 0.2) is 0 Å². The highest BCUT2D eigenvalue weighted by molar-refractivity contribution is 5.54. The quantitative estimate of drug-likeness (QED) is 0.259. The highest BCUT2D eigenvalue weighted by Crippen LogP contribution is 2.27. The lowest BCUT2D eigenvalue weighted by Crippen LogP contribution is -2.30. The van der Waals surface area contributed by atoms with Crippen molar-refractivity contribution < 1.29 is 14.9 Å². The molecule has 5 heteroatoms. The number of rotatable bonds is 11. The Labute approximate surface area is 207 Å². The number of nitrogen functional groups attached to an aromatic ring is 1. The minimum Gasteiger partial charge on any atom is -0.508 e. The van der Waals surface area contributed by atoms with E-state index in [2.05, 4.69) is 17.0 Å². The normalized spacial score (nSPS) is 11.9. The summed E-state index contributed by atoms with van der Waals surface area (Å²) in [6.45, 7) is 2.40. The molecule has 0 spiro atoms. The van der Waals surface area contributed by atoms with Crippen LogP contribution in [0.3, 0.4) is 0 Å². The average molecular weight is 469 g/mol. The number of anilines is 1. The van der Waals surface area contributed by atoms with Gasteiger partial charge in [-0.3, -0.25) is 4.90 Å². The third-order valence-electron chi connectivity index (χ3n) is 5.99. The molecule has 5 nitrogen and oxygen atoms in total. The Hall–Kier alpha value is -3.80. The molecule has 0 radical (unpaired) electrons. The minimum atomic E-state index is -0.691. The van der Waals surface area contributed by atoms with Gasteiger partial charge in [-0.2, -0.15) is 0 Å². The predicted molar refractivity (Wildman–Crippen MR) is 140 cm³/mol. The summed E-state index contributed by atoms with van der Waals surface area (Å²) in [6, 6.07) is 33.0. The van der Waals surface area contributed by atoms with Crippen LogP contribution >= 0.6 is 0 Å². The first-order valence-electron chi connectivity index (χ1n) is 11.9. The van der Waals surface area contributed by atoms with Gasteiger partial charge in [0, 0.05) is 19.6 Å². The van der Waals surface area contributed by atoms with E-state index in [9.17, 15) is 10.2 Å². The molecule has 0 bridgehead atoms. The van der Waals surface area contributed by atoms with Crippen molar-refractivity contribution in [3.05, 3.63) is 125 Å². The van der Waals surface area contributed by atoms with E-state index in [1.165, 1.54) is 5.56 Å². The fourth-order valence-corrected chi connectivity index (χ4v) is 4.02. The van der Waals surface area contributed by atoms with Crippen molar-refractivity contribution in [2.45, 2.75) is 25.7 Å². The number of nitrogens with zero attached hydrogens (tertiary/aromatic N) is 1. The monoisotopic (exact) mass is 468 g/mol. The summed E-state index contributed by atoms with van der Waals surface area (Å²) in [7, 11) is 0. The number of nitrogens with two attached hydrogens (primary N) is 1. The molecule has 4 N–H and O–H groups in total. The number of hydrogen-bond acceptors (Lipinski definition) is 5. The van der Waals surface area contributed by atoms with E-state index in [0.29, 0.717) is 24.6 Å². The third kappa shape index (κ3) is 7.34. The van der Waals surface area contributed by atoms with Gasteiger partial charge in [0.2, 0.25) is 0 Å². The SMILES string of the molecule is Nc1cc(C(O)CN(CCc2ccc(O)cc2)Cc2ccccc2)ccc1OCc1ccccc1. The van der Waals surface area contributed by atoms with E-state index in [-0.39, 0.29) is 5.75 Å². The van der Waals surface area contributed by atoms with Gasteiger partial charge in [-0.05, 0) is 52.9 Å². The Morgan fingerprint density at radius 1 is 0.771 bits per heavy atom. The molecular formula is C30H32N2O3. The lowest BCUT2D eigenvalue weighted by molar-refractivity contribution is 0.109. The summed E-state index contributed by atoms with van der Waals surface area (Å²) < 4.78 is 5.88. The lowest BCUT2D eigenvalue weighted by Gasteiger charge is -2.26. The number of phenols is 1. The van der Waals surface area contributed by atoms with Crippen molar-refractivity contribution in [1.29, 1.82) is 0 Å². The largest absolute Gasteiger partial charge is 0.508 e. The number of hydrogen-bond donors (Lipinski definition) is 3. The minimum absolute atomic E-state index is 0.263. The topological polar surface area (TPSA) is 79.0 Å². The third-order valence-corrected chi connectivity index (χ3v) is 5.99. The van der Waals surface area contributed by atoms with Gasteiger partial charge < -0.3 is 20.7 Å². The first kappa shape index (κ1) is 24.3. The molecule has 0 aliphatic rings. The van der Waals surface area contributed by atoms with Crippen LogP contribution in [0.4, 0.5) is 5.69 Å². The van der Waals surface area contributed by atoms with Gasteiger partial charge in [0.1, 0.15) is 18.1 Å². The molecule has 0 aliphatic carbocycles. The highest BCUT2D eigenvalue weighted by Gasteiger charge is 2.16. The van der Waals surface area contributed by atoms with E-state index in [0.717, 1.165) is 36.2 Å². The Balaban J connectivity index is 1.41. The van der Waals surface area contributed by atoms with E-state index in [1.54, 1.807) is 18.2 Å². The first-order valence-corrected chi connectivity index (χ1v) is 11.9. The van der Waals surface area contributed by atoms with E-state index < -0.39 is 6.10 Å². The van der Waals surface area contributed by atoms with Crippen LogP contribution in [0.2, 0.25) is 0 Å². The molecule has 0 amide bonds. The zero-order valence-corrected chi connectivity index (χ0v) is 19.8. The lowest BCUT2D eigenvalue weighted by atomic mass is 10.1. The van der Waals surface area contributed by atoms with Gasteiger partial charge in [-0.1, -0.05) is 78.9 Å². The Bertz CT molecular complexity index is 1180. The van der Waals surface area contributed by atoms with Crippen LogP contribution in [0.1, 0.15) is 28.4 Å². The van der Waals surface area contributed by atoms with Crippen LogP contribution in [0.25, 0.3) is 0 Å². The van der Waals surface area contributed by atoms with Crippen LogP contribution in [0, 0.1) is 0 Å². The first-order chi connectivity index (χ1) is 17.1. The summed E-state index contributed by atoms with van der Waals surface area (Å²) in [4.78, 5) is 2.24. The van der Waals surface area contributed by atoms with Gasteiger partial charge in [-0.25, -0.2) is 0 Å². The molecule has 0 aliphatic heterocycles. The van der Waals surface area contributed by atoms with E-state index in [1.807, 2.05) is 72.8 Å². The molecule has 4 aromatic carbocycles. The molecule has 0 saturated heterocycles. The summed E-state index contributed by atoms with van der Waals surface area (Å²) in [5, 5.41) is 20.6. The number of aliphatic hydroxyl groups excluding tert-OH is 1. The van der Waals surface area contributed by atoms with Crippen LogP contribution in [-0.4, -0.2) is 28.2 Å². The Morgan fingerprint density at radius 3 is 2.09 bits per heavy atom. The van der Waals surface area contributed by atoms with Crippen molar-refractivity contribution in [2.75, 3.05) is 18.8 Å². The number of benzene rings is 4. The van der Waals surface area contributed by atoms with Gasteiger partial charge in [-0.15, -0.1) is 0 Å². The van der Waals surface area contributed by atoms with E-state index >= 15 is 0 Å². The van der Waals surface area contributed by atoms with Crippen LogP contribution in [0.5, 0.6) is 11.5 Å². The summed E-state index contributed by atoms with van der Waals surface area (Å²) >= 11 is 0. The maximum absolute atomic E-state index is 11.1. The van der Waals surface area contributed by atoms with Crippen molar-refractivity contribution in [1.82, 2.24) is 4.90 Å². The van der Waals surface area contributed by atoms with Crippen LogP contribution < -0.4 is 10.5 Å². The van der Waals surface area contributed by atoms with Crippen LogP contribution in [0.15, 0.2) is 103 Å². The van der Waals surface area contributed by atoms with Gasteiger partial charge in [0.05, 0.1) is 11.8 Å². The zero-order chi connectivity index (χ0) is 24.5. The van der Waals surface area contributed by atoms with Gasteiger partial charge >= 0.3 is 0 Å². The second-order valence-electron chi connectivity index (χ2n) is 8.72. The molecule has 0 saturated carbocycles. The number of ether oxygens (including phenoxy) is 1.